The van der Waals surface area contributed by atoms with Gasteiger partial charge in [0.25, 0.3) is 5.91 Å². The van der Waals surface area contributed by atoms with Crippen LogP contribution < -0.4 is 0 Å². The van der Waals surface area contributed by atoms with Crippen LogP contribution in [0.4, 0.5) is 0 Å². The van der Waals surface area contributed by atoms with E-state index < -0.39 is 23.5 Å². The van der Waals surface area contributed by atoms with Crippen LogP contribution in [0.3, 0.4) is 0 Å². The number of Topliss-reactive ketones (excluding diaryl/α,β-unsaturated/α-hetero) is 1. The largest absolute Gasteiger partial charge is 0.503 e. The molecule has 1 fully saturated rings. The smallest absolute Gasteiger partial charge is 0.290 e. The van der Waals surface area contributed by atoms with Crippen molar-refractivity contribution in [3.8, 4) is 0 Å². The number of ether oxygens (including phenoxy) is 1. The summed E-state index contributed by atoms with van der Waals surface area (Å²) in [5.74, 6) is -0.829. The highest BCUT2D eigenvalue weighted by molar-refractivity contribution is 6.15. The fourth-order valence-electron chi connectivity index (χ4n) is 4.28. The van der Waals surface area contributed by atoms with Crippen molar-refractivity contribution in [1.82, 2.24) is 4.90 Å². The van der Waals surface area contributed by atoms with Crippen molar-refractivity contribution in [2.75, 3.05) is 13.2 Å². The summed E-state index contributed by atoms with van der Waals surface area (Å²) < 4.78 is 11.2. The summed E-state index contributed by atoms with van der Waals surface area (Å²) in [7, 11) is 0. The van der Waals surface area contributed by atoms with Gasteiger partial charge in [0, 0.05) is 13.2 Å². The molecule has 1 amide bonds. The Balaban J connectivity index is 1.75. The fourth-order valence-corrected chi connectivity index (χ4v) is 4.28. The molecule has 0 bridgehead atoms. The van der Waals surface area contributed by atoms with Crippen LogP contribution in [0.2, 0.25) is 0 Å². The van der Waals surface area contributed by atoms with Crippen LogP contribution in [0.25, 0.3) is 0 Å². The minimum Gasteiger partial charge on any atom is -0.503 e. The van der Waals surface area contributed by atoms with E-state index in [9.17, 15) is 14.7 Å². The zero-order chi connectivity index (χ0) is 22.3. The maximum absolute atomic E-state index is 13.3. The van der Waals surface area contributed by atoms with Gasteiger partial charge in [0.2, 0.25) is 5.78 Å². The normalized spacial score (nSPS) is 21.9. The van der Waals surface area contributed by atoms with Gasteiger partial charge in [-0.25, -0.2) is 0 Å². The minimum absolute atomic E-state index is 0.0241. The number of furan rings is 1. The number of nitrogens with zero attached hydrogens (tertiary/aromatic N) is 1. The predicted octanol–water partition coefficient (Wildman–Crippen LogP) is 4.64. The van der Waals surface area contributed by atoms with Gasteiger partial charge >= 0.3 is 0 Å². The van der Waals surface area contributed by atoms with E-state index in [2.05, 4.69) is 20.8 Å². The Labute approximate surface area is 182 Å². The van der Waals surface area contributed by atoms with E-state index in [-0.39, 0.29) is 22.9 Å². The van der Waals surface area contributed by atoms with Gasteiger partial charge < -0.3 is 19.2 Å². The van der Waals surface area contributed by atoms with Crippen molar-refractivity contribution in [2.24, 2.45) is 0 Å². The number of hydrogen-bond donors (Lipinski definition) is 1. The molecule has 164 valence electrons. The number of aryl methyl sites for hydroxylation is 1. The quantitative estimate of drug-likeness (QED) is 0.709. The number of carbonyl (C=O) groups excluding carboxylic acids is 2. The molecule has 2 aliphatic rings. The number of aliphatic hydroxyl groups excluding tert-OH is 1. The molecular formula is C25H29NO5. The number of carbonyl (C=O) groups is 2. The number of benzene rings is 1. The van der Waals surface area contributed by atoms with Gasteiger partial charge in [0.05, 0.1) is 17.7 Å². The van der Waals surface area contributed by atoms with Gasteiger partial charge in [-0.15, -0.1) is 0 Å². The van der Waals surface area contributed by atoms with E-state index in [1.54, 1.807) is 24.0 Å². The standard InChI is InChI=1S/C25H29NO5/c1-15-7-12-19(31-15)22(27)20-21(16-8-10-17(11-9-16)25(2,3)4)26(24(29)23(20)28)14-18-6-5-13-30-18/h7-12,18,21,28H,5-6,13-14H2,1-4H3. The molecule has 2 aliphatic heterocycles. The summed E-state index contributed by atoms with van der Waals surface area (Å²) in [6.45, 7) is 9.12. The highest BCUT2D eigenvalue weighted by Crippen LogP contribution is 2.40. The third-order valence-corrected chi connectivity index (χ3v) is 6.03. The molecule has 4 rings (SSSR count). The molecule has 1 aromatic carbocycles. The second kappa shape index (κ2) is 8.00. The summed E-state index contributed by atoms with van der Waals surface area (Å²) in [4.78, 5) is 27.9. The molecule has 1 aromatic heterocycles. The topological polar surface area (TPSA) is 80.0 Å². The lowest BCUT2D eigenvalue weighted by molar-refractivity contribution is -0.131. The van der Waals surface area contributed by atoms with Crippen molar-refractivity contribution in [2.45, 2.75) is 58.1 Å². The number of ketones is 1. The number of amides is 1. The van der Waals surface area contributed by atoms with Crippen molar-refractivity contribution in [3.05, 3.63) is 70.4 Å². The Hall–Kier alpha value is -2.86. The van der Waals surface area contributed by atoms with Gasteiger partial charge in [0.1, 0.15) is 5.76 Å². The minimum atomic E-state index is -0.691. The number of hydrogen-bond acceptors (Lipinski definition) is 5. The fraction of sp³-hybridized carbons (Fsp3) is 0.440. The number of rotatable bonds is 5. The van der Waals surface area contributed by atoms with Crippen LogP contribution in [0.1, 0.15) is 67.1 Å². The molecule has 0 saturated carbocycles. The molecule has 1 saturated heterocycles. The van der Waals surface area contributed by atoms with E-state index in [4.69, 9.17) is 9.15 Å². The Morgan fingerprint density at radius 1 is 1.16 bits per heavy atom. The van der Waals surface area contributed by atoms with Crippen LogP contribution in [0, 0.1) is 6.92 Å². The van der Waals surface area contributed by atoms with Crippen LogP contribution in [0.15, 0.2) is 52.1 Å². The Morgan fingerprint density at radius 2 is 1.87 bits per heavy atom. The van der Waals surface area contributed by atoms with Gasteiger partial charge in [-0.2, -0.15) is 0 Å². The third kappa shape index (κ3) is 4.04. The van der Waals surface area contributed by atoms with E-state index in [1.807, 2.05) is 24.3 Å². The SMILES string of the molecule is Cc1ccc(C(=O)C2=C(O)C(=O)N(CC3CCCO3)C2c2ccc(C(C)(C)C)cc2)o1. The summed E-state index contributed by atoms with van der Waals surface area (Å²) in [5.41, 5.74) is 1.95. The monoisotopic (exact) mass is 423 g/mol. The lowest BCUT2D eigenvalue weighted by atomic mass is 9.85. The zero-order valence-corrected chi connectivity index (χ0v) is 18.5. The predicted molar refractivity (Wildman–Crippen MR) is 116 cm³/mol. The molecule has 1 N–H and O–H groups in total. The first-order chi connectivity index (χ1) is 14.7. The average molecular weight is 424 g/mol. The summed E-state index contributed by atoms with van der Waals surface area (Å²) in [5, 5.41) is 10.7. The molecule has 0 spiro atoms. The van der Waals surface area contributed by atoms with Gasteiger partial charge in [-0.05, 0) is 48.4 Å². The summed E-state index contributed by atoms with van der Waals surface area (Å²) in [6.07, 6.45) is 1.68. The van der Waals surface area contributed by atoms with Gasteiger partial charge in [0.15, 0.2) is 11.5 Å². The second-order valence-corrected chi connectivity index (χ2v) is 9.37. The highest BCUT2D eigenvalue weighted by atomic mass is 16.5. The van der Waals surface area contributed by atoms with Crippen LogP contribution >= 0.6 is 0 Å². The number of aliphatic hydroxyl groups is 1. The van der Waals surface area contributed by atoms with E-state index >= 15 is 0 Å². The van der Waals surface area contributed by atoms with E-state index in [0.29, 0.717) is 18.9 Å². The van der Waals surface area contributed by atoms with Crippen LogP contribution in [0.5, 0.6) is 0 Å². The summed E-state index contributed by atoms with van der Waals surface area (Å²) in [6, 6.07) is 10.5. The average Bonchev–Trinajstić information content (AvgIpc) is 3.44. The Bertz CT molecular complexity index is 1020. The molecule has 3 heterocycles. The first kappa shape index (κ1) is 21.4. The van der Waals surface area contributed by atoms with Gasteiger partial charge in [-0.1, -0.05) is 45.0 Å². The van der Waals surface area contributed by atoms with Crippen LogP contribution in [-0.2, 0) is 14.9 Å². The molecule has 6 nitrogen and oxygen atoms in total. The molecule has 0 aliphatic carbocycles. The van der Waals surface area contributed by atoms with Gasteiger partial charge in [-0.3, -0.25) is 9.59 Å². The van der Waals surface area contributed by atoms with Crippen molar-refractivity contribution in [3.63, 3.8) is 0 Å². The lowest BCUT2D eigenvalue weighted by Crippen LogP contribution is -2.37. The van der Waals surface area contributed by atoms with Crippen molar-refractivity contribution >= 4 is 11.7 Å². The van der Waals surface area contributed by atoms with E-state index in [0.717, 1.165) is 24.0 Å². The van der Waals surface area contributed by atoms with Crippen molar-refractivity contribution in [1.29, 1.82) is 0 Å². The third-order valence-electron chi connectivity index (χ3n) is 6.03. The molecule has 6 heteroatoms. The summed E-state index contributed by atoms with van der Waals surface area (Å²) >= 11 is 0. The molecule has 31 heavy (non-hydrogen) atoms. The molecule has 0 radical (unpaired) electrons. The van der Waals surface area contributed by atoms with E-state index in [1.165, 1.54) is 0 Å². The van der Waals surface area contributed by atoms with Crippen molar-refractivity contribution < 1.29 is 23.8 Å². The zero-order valence-electron chi connectivity index (χ0n) is 18.5. The first-order valence-corrected chi connectivity index (χ1v) is 10.7. The molecule has 2 unspecified atom stereocenters. The molecule has 2 atom stereocenters. The highest BCUT2D eigenvalue weighted by Gasteiger charge is 2.45. The van der Waals surface area contributed by atoms with Crippen LogP contribution in [-0.4, -0.2) is 41.0 Å². The Morgan fingerprint density at radius 3 is 2.42 bits per heavy atom. The maximum atomic E-state index is 13.3. The second-order valence-electron chi connectivity index (χ2n) is 9.37. The Kier molecular flexibility index (Phi) is 5.52. The maximum Gasteiger partial charge on any atom is 0.290 e. The molecular weight excluding hydrogens is 394 g/mol. The molecule has 2 aromatic rings. The lowest BCUT2D eigenvalue weighted by Gasteiger charge is -2.29. The first-order valence-electron chi connectivity index (χ1n) is 10.7.